The molecule has 0 amide bonds. The van der Waals surface area contributed by atoms with Crippen molar-refractivity contribution in [3.8, 4) is 0 Å². The lowest BCUT2D eigenvalue weighted by molar-refractivity contribution is 0.0579. The minimum atomic E-state index is -0.433. The van der Waals surface area contributed by atoms with Gasteiger partial charge in [-0.1, -0.05) is 0 Å². The highest BCUT2D eigenvalue weighted by Crippen LogP contribution is 2.21. The lowest BCUT2D eigenvalue weighted by atomic mass is 10.1. The molecule has 0 spiro atoms. The van der Waals surface area contributed by atoms with Gasteiger partial charge in [0.25, 0.3) is 0 Å². The van der Waals surface area contributed by atoms with Gasteiger partial charge in [0.1, 0.15) is 0 Å². The van der Waals surface area contributed by atoms with Crippen LogP contribution in [-0.2, 0) is 24.3 Å². The van der Waals surface area contributed by atoms with Gasteiger partial charge in [0, 0.05) is 12.2 Å². The molecular formula is C10H14N2O3. The summed E-state index contributed by atoms with van der Waals surface area (Å²) in [5.74, 6) is -0.117. The highest BCUT2D eigenvalue weighted by Gasteiger charge is 2.23. The first-order valence-electron chi connectivity index (χ1n) is 5.05. The van der Waals surface area contributed by atoms with E-state index in [0.717, 1.165) is 31.5 Å². The Bertz CT molecular complexity index is 384. The third-order valence-electron chi connectivity index (χ3n) is 2.72. The molecule has 0 saturated heterocycles. The van der Waals surface area contributed by atoms with Gasteiger partial charge >= 0.3 is 5.97 Å². The summed E-state index contributed by atoms with van der Waals surface area (Å²) < 4.78 is 6.52. The molecule has 1 aliphatic rings. The van der Waals surface area contributed by atoms with Crippen LogP contribution in [0.1, 0.15) is 34.8 Å². The third-order valence-corrected chi connectivity index (χ3v) is 2.72. The summed E-state index contributed by atoms with van der Waals surface area (Å²) in [5.41, 5.74) is 1.58. The largest absolute Gasteiger partial charge is 0.463 e. The summed E-state index contributed by atoms with van der Waals surface area (Å²) in [5, 5.41) is 9.13. The number of carbonyl (C=O) groups is 1. The summed E-state index contributed by atoms with van der Waals surface area (Å²) in [4.78, 5) is 15.5. The van der Waals surface area contributed by atoms with Gasteiger partial charge in [-0.25, -0.2) is 9.78 Å². The molecule has 1 aliphatic heterocycles. The molecule has 1 aromatic rings. The number of aliphatic hydroxyl groups is 1. The first-order valence-corrected chi connectivity index (χ1v) is 5.05. The number of rotatable bonds is 2. The van der Waals surface area contributed by atoms with Crippen molar-refractivity contribution in [2.24, 2.45) is 0 Å². The normalized spacial score (nSPS) is 14.8. The number of aromatic nitrogens is 2. The van der Waals surface area contributed by atoms with Gasteiger partial charge in [0.2, 0.25) is 5.82 Å². The zero-order valence-electron chi connectivity index (χ0n) is 8.69. The van der Waals surface area contributed by atoms with E-state index in [9.17, 15) is 4.79 Å². The zero-order chi connectivity index (χ0) is 10.8. The van der Waals surface area contributed by atoms with Crippen LogP contribution >= 0.6 is 0 Å². The highest BCUT2D eigenvalue weighted by molar-refractivity contribution is 5.85. The molecule has 0 fully saturated rings. The van der Waals surface area contributed by atoms with Crippen LogP contribution in [0.3, 0.4) is 0 Å². The Hall–Kier alpha value is -1.36. The van der Waals surface area contributed by atoms with Crippen molar-refractivity contribution in [1.82, 2.24) is 9.55 Å². The fraction of sp³-hybridized carbons (Fsp3) is 0.600. The smallest absolute Gasteiger partial charge is 0.374 e. The van der Waals surface area contributed by atoms with Gasteiger partial charge < -0.3 is 14.4 Å². The van der Waals surface area contributed by atoms with E-state index in [1.54, 1.807) is 0 Å². The Kier molecular flexibility index (Phi) is 2.73. The second kappa shape index (κ2) is 4.02. The van der Waals surface area contributed by atoms with E-state index < -0.39 is 5.97 Å². The summed E-state index contributed by atoms with van der Waals surface area (Å²) in [6, 6.07) is 0. The van der Waals surface area contributed by atoms with Crippen LogP contribution in [-0.4, -0.2) is 27.7 Å². The van der Waals surface area contributed by atoms with Crippen molar-refractivity contribution in [1.29, 1.82) is 0 Å². The number of carbonyl (C=O) groups excluding carboxylic acids is 1. The monoisotopic (exact) mass is 210 g/mol. The van der Waals surface area contributed by atoms with Gasteiger partial charge in [0.05, 0.1) is 19.4 Å². The van der Waals surface area contributed by atoms with Crippen LogP contribution in [0.2, 0.25) is 0 Å². The molecule has 15 heavy (non-hydrogen) atoms. The van der Waals surface area contributed by atoms with E-state index in [-0.39, 0.29) is 6.61 Å². The average Bonchev–Trinajstić information content (AvgIpc) is 2.67. The van der Waals surface area contributed by atoms with Gasteiger partial charge in [-0.15, -0.1) is 0 Å². The Morgan fingerprint density at radius 3 is 3.07 bits per heavy atom. The molecule has 0 atom stereocenters. The Morgan fingerprint density at radius 2 is 2.40 bits per heavy atom. The van der Waals surface area contributed by atoms with Crippen molar-refractivity contribution < 1.29 is 14.6 Å². The third kappa shape index (κ3) is 1.63. The number of aliphatic hydroxyl groups excluding tert-OH is 1. The molecule has 0 bridgehead atoms. The SMILES string of the molecule is COC(=O)c1nc(CO)c2n1CCCC2. The topological polar surface area (TPSA) is 64.3 Å². The van der Waals surface area contributed by atoms with Crippen LogP contribution in [0.4, 0.5) is 0 Å². The molecule has 1 aromatic heterocycles. The number of fused-ring (bicyclic) bond motifs is 1. The summed E-state index contributed by atoms with van der Waals surface area (Å²) in [6.45, 7) is 0.666. The maximum absolute atomic E-state index is 11.4. The number of ether oxygens (including phenoxy) is 1. The first kappa shape index (κ1) is 10.2. The second-order valence-electron chi connectivity index (χ2n) is 3.59. The zero-order valence-corrected chi connectivity index (χ0v) is 8.69. The van der Waals surface area contributed by atoms with Crippen LogP contribution in [0.25, 0.3) is 0 Å². The van der Waals surface area contributed by atoms with Crippen molar-refractivity contribution >= 4 is 5.97 Å². The van der Waals surface area contributed by atoms with Crippen LogP contribution in [0.15, 0.2) is 0 Å². The Morgan fingerprint density at radius 1 is 1.60 bits per heavy atom. The quantitative estimate of drug-likeness (QED) is 0.722. The van der Waals surface area contributed by atoms with Gasteiger partial charge in [0.15, 0.2) is 0 Å². The van der Waals surface area contributed by atoms with E-state index in [2.05, 4.69) is 9.72 Å². The number of methoxy groups -OCH3 is 1. The lowest BCUT2D eigenvalue weighted by Crippen LogP contribution is -2.17. The second-order valence-corrected chi connectivity index (χ2v) is 3.59. The van der Waals surface area contributed by atoms with Crippen molar-refractivity contribution in [3.05, 3.63) is 17.2 Å². The molecule has 5 heteroatoms. The molecule has 0 unspecified atom stereocenters. The van der Waals surface area contributed by atoms with E-state index >= 15 is 0 Å². The molecule has 0 aliphatic carbocycles. The highest BCUT2D eigenvalue weighted by atomic mass is 16.5. The molecule has 2 heterocycles. The maximum Gasteiger partial charge on any atom is 0.374 e. The number of nitrogens with zero attached hydrogens (tertiary/aromatic N) is 2. The van der Waals surface area contributed by atoms with Crippen LogP contribution in [0, 0.1) is 0 Å². The van der Waals surface area contributed by atoms with Crippen molar-refractivity contribution in [2.75, 3.05) is 7.11 Å². The standard InChI is InChI=1S/C10H14N2O3/c1-15-10(14)9-11-7(6-13)8-4-2-3-5-12(8)9/h13H,2-6H2,1H3. The Balaban J connectivity index is 2.46. The predicted molar refractivity (Wildman–Crippen MR) is 52.4 cm³/mol. The van der Waals surface area contributed by atoms with Crippen molar-refractivity contribution in [3.63, 3.8) is 0 Å². The molecule has 5 nitrogen and oxygen atoms in total. The summed E-state index contributed by atoms with van der Waals surface area (Å²) in [7, 11) is 1.34. The molecule has 0 saturated carbocycles. The van der Waals surface area contributed by atoms with E-state index in [1.807, 2.05) is 4.57 Å². The number of hydrogen-bond acceptors (Lipinski definition) is 4. The molecule has 0 aromatic carbocycles. The number of hydrogen-bond donors (Lipinski definition) is 1. The fourth-order valence-electron chi connectivity index (χ4n) is 1.99. The first-order chi connectivity index (χ1) is 7.27. The van der Waals surface area contributed by atoms with E-state index in [1.165, 1.54) is 7.11 Å². The summed E-state index contributed by atoms with van der Waals surface area (Å²) in [6.07, 6.45) is 3.00. The predicted octanol–water partition coefficient (Wildman–Crippen LogP) is 0.498. The minimum absolute atomic E-state index is 0.119. The van der Waals surface area contributed by atoms with Crippen LogP contribution in [0.5, 0.6) is 0 Å². The summed E-state index contributed by atoms with van der Waals surface area (Å²) >= 11 is 0. The van der Waals surface area contributed by atoms with E-state index in [0.29, 0.717) is 11.5 Å². The minimum Gasteiger partial charge on any atom is -0.463 e. The Labute approximate surface area is 87.7 Å². The average molecular weight is 210 g/mol. The van der Waals surface area contributed by atoms with Gasteiger partial charge in [-0.05, 0) is 19.3 Å². The molecule has 0 radical (unpaired) electrons. The maximum atomic E-state index is 11.4. The molecule has 82 valence electrons. The van der Waals surface area contributed by atoms with Crippen molar-refractivity contribution in [2.45, 2.75) is 32.4 Å². The number of imidazole rings is 1. The van der Waals surface area contributed by atoms with Crippen LogP contribution < -0.4 is 0 Å². The van der Waals surface area contributed by atoms with Gasteiger partial charge in [-0.3, -0.25) is 0 Å². The van der Waals surface area contributed by atoms with Gasteiger partial charge in [-0.2, -0.15) is 0 Å². The fourth-order valence-corrected chi connectivity index (χ4v) is 1.99. The molecule has 2 rings (SSSR count). The number of esters is 1. The lowest BCUT2D eigenvalue weighted by Gasteiger charge is -2.16. The van der Waals surface area contributed by atoms with E-state index in [4.69, 9.17) is 5.11 Å². The molecular weight excluding hydrogens is 196 g/mol. The molecule has 1 N–H and O–H groups in total.